The Bertz CT molecular complexity index is 1120. The van der Waals surface area contributed by atoms with Crippen molar-refractivity contribution in [2.24, 2.45) is 0 Å². The average molecular weight is 413 g/mol. The molecule has 0 amide bonds. The van der Waals surface area contributed by atoms with Gasteiger partial charge in [0.05, 0.1) is 34.0 Å². The smallest absolute Gasteiger partial charge is 0.310 e. The van der Waals surface area contributed by atoms with E-state index in [1.54, 1.807) is 13.0 Å². The van der Waals surface area contributed by atoms with Crippen LogP contribution in [-0.4, -0.2) is 30.5 Å². The number of aromatic nitrogens is 2. The van der Waals surface area contributed by atoms with Gasteiger partial charge in [-0.05, 0) is 36.8 Å². The number of rotatable bonds is 4. The van der Waals surface area contributed by atoms with E-state index in [1.807, 2.05) is 0 Å². The number of nitrogens with zero attached hydrogens (tertiary/aromatic N) is 2. The molecule has 9 heteroatoms. The first-order chi connectivity index (χ1) is 12.3. The summed E-state index contributed by atoms with van der Waals surface area (Å²) < 4.78 is 32.3. The van der Waals surface area contributed by atoms with E-state index in [-0.39, 0.29) is 21.4 Å². The van der Waals surface area contributed by atoms with Crippen LogP contribution in [0.2, 0.25) is 10.0 Å². The average Bonchev–Trinajstić information content (AvgIpc) is 2.89. The van der Waals surface area contributed by atoms with Crippen molar-refractivity contribution < 1.29 is 17.9 Å². The normalized spacial score (nSPS) is 11.7. The lowest BCUT2D eigenvalue weighted by Gasteiger charge is -2.11. The molecule has 136 valence electrons. The van der Waals surface area contributed by atoms with Crippen molar-refractivity contribution >= 4 is 50.1 Å². The van der Waals surface area contributed by atoms with Gasteiger partial charge in [0.2, 0.25) is 0 Å². The van der Waals surface area contributed by atoms with E-state index in [1.165, 1.54) is 41.7 Å². The van der Waals surface area contributed by atoms with E-state index in [2.05, 4.69) is 4.98 Å². The van der Waals surface area contributed by atoms with Crippen LogP contribution in [0.25, 0.3) is 10.9 Å². The van der Waals surface area contributed by atoms with E-state index in [9.17, 15) is 13.2 Å². The Labute approximate surface area is 160 Å². The first kappa shape index (κ1) is 18.7. The van der Waals surface area contributed by atoms with Gasteiger partial charge >= 0.3 is 5.97 Å². The number of hydrogen-bond acceptors (Lipinski definition) is 5. The van der Waals surface area contributed by atoms with Crippen molar-refractivity contribution in [1.82, 2.24) is 8.96 Å². The molecule has 0 N–H and O–H groups in total. The molecule has 3 aromatic rings. The zero-order valence-electron chi connectivity index (χ0n) is 13.9. The molecule has 2 aromatic heterocycles. The zero-order chi connectivity index (χ0) is 19.1. The minimum atomic E-state index is -3.96. The molecule has 0 aliphatic heterocycles. The third kappa shape index (κ3) is 3.06. The highest BCUT2D eigenvalue weighted by Crippen LogP contribution is 2.32. The van der Waals surface area contributed by atoms with Gasteiger partial charge in [-0.1, -0.05) is 23.2 Å². The molecule has 0 saturated heterocycles. The maximum absolute atomic E-state index is 13.2. The highest BCUT2D eigenvalue weighted by atomic mass is 35.5. The molecule has 0 aliphatic carbocycles. The van der Waals surface area contributed by atoms with Crippen LogP contribution in [0.5, 0.6) is 0 Å². The number of fused-ring (bicyclic) bond motifs is 1. The molecule has 0 fully saturated rings. The number of pyridine rings is 1. The molecule has 3 rings (SSSR count). The SMILES string of the molecule is COC(=O)Cc1c(C)n(S(=O)(=O)c2ccc(Cl)c(Cl)c2)c2ccncc12. The third-order valence-electron chi connectivity index (χ3n) is 4.06. The molecule has 0 aliphatic rings. The lowest BCUT2D eigenvalue weighted by Crippen LogP contribution is -2.15. The van der Waals surface area contributed by atoms with Gasteiger partial charge < -0.3 is 4.74 Å². The molecular formula is C17H14Cl2N2O4S. The van der Waals surface area contributed by atoms with Crippen LogP contribution in [-0.2, 0) is 26.0 Å². The molecule has 0 unspecified atom stereocenters. The minimum Gasteiger partial charge on any atom is -0.469 e. The van der Waals surface area contributed by atoms with Gasteiger partial charge in [0.25, 0.3) is 10.0 Å². The highest BCUT2D eigenvalue weighted by Gasteiger charge is 2.26. The maximum atomic E-state index is 13.2. The van der Waals surface area contributed by atoms with Gasteiger partial charge in [-0.15, -0.1) is 0 Å². The molecule has 0 radical (unpaired) electrons. The van der Waals surface area contributed by atoms with E-state index in [0.29, 0.717) is 22.2 Å². The van der Waals surface area contributed by atoms with E-state index < -0.39 is 16.0 Å². The fourth-order valence-corrected chi connectivity index (χ4v) is 4.76. The topological polar surface area (TPSA) is 78.3 Å². The fourth-order valence-electron chi connectivity index (χ4n) is 2.79. The molecule has 0 saturated carbocycles. The Morgan fingerprint density at radius 3 is 2.62 bits per heavy atom. The molecule has 0 atom stereocenters. The molecule has 0 bridgehead atoms. The second-order valence-electron chi connectivity index (χ2n) is 5.56. The van der Waals surface area contributed by atoms with Crippen LogP contribution >= 0.6 is 23.2 Å². The highest BCUT2D eigenvalue weighted by molar-refractivity contribution is 7.90. The second-order valence-corrected chi connectivity index (χ2v) is 8.16. The number of hydrogen-bond donors (Lipinski definition) is 0. The number of carbonyl (C=O) groups is 1. The standard InChI is InChI=1S/C17H14Cl2N2O4S/c1-10-12(8-17(22)25-2)13-9-20-6-5-16(13)21(10)26(23,24)11-3-4-14(18)15(19)7-11/h3-7,9H,8H2,1-2H3. The first-order valence-electron chi connectivity index (χ1n) is 7.48. The molecule has 26 heavy (non-hydrogen) atoms. The Kier molecular flexibility index (Phi) is 4.96. The summed E-state index contributed by atoms with van der Waals surface area (Å²) in [5.41, 5.74) is 1.37. The Balaban J connectivity index is 2.29. The van der Waals surface area contributed by atoms with Gasteiger partial charge in [0, 0.05) is 23.5 Å². The summed E-state index contributed by atoms with van der Waals surface area (Å²) in [6.45, 7) is 1.63. The van der Waals surface area contributed by atoms with Gasteiger partial charge in [0.1, 0.15) is 0 Å². The van der Waals surface area contributed by atoms with Crippen LogP contribution < -0.4 is 0 Å². The van der Waals surface area contributed by atoms with Crippen LogP contribution in [0.4, 0.5) is 0 Å². The Morgan fingerprint density at radius 1 is 1.23 bits per heavy atom. The third-order valence-corrected chi connectivity index (χ3v) is 6.60. The number of esters is 1. The summed E-state index contributed by atoms with van der Waals surface area (Å²) in [4.78, 5) is 15.8. The molecular weight excluding hydrogens is 399 g/mol. The monoisotopic (exact) mass is 412 g/mol. The minimum absolute atomic E-state index is 0.00618. The number of methoxy groups -OCH3 is 1. The number of carbonyl (C=O) groups excluding carboxylic acids is 1. The summed E-state index contributed by atoms with van der Waals surface area (Å²) in [5.74, 6) is -0.470. The van der Waals surface area contributed by atoms with Crippen molar-refractivity contribution in [3.63, 3.8) is 0 Å². The van der Waals surface area contributed by atoms with Crippen molar-refractivity contribution in [2.75, 3.05) is 7.11 Å². The second kappa shape index (κ2) is 6.90. The number of ether oxygens (including phenoxy) is 1. The predicted molar refractivity (Wildman–Crippen MR) is 99.2 cm³/mol. The van der Waals surface area contributed by atoms with Gasteiger partial charge in [-0.3, -0.25) is 9.78 Å². The van der Waals surface area contributed by atoms with Crippen molar-refractivity contribution in [3.05, 3.63) is 58.0 Å². The lowest BCUT2D eigenvalue weighted by atomic mass is 10.1. The van der Waals surface area contributed by atoms with Gasteiger partial charge in [0.15, 0.2) is 0 Å². The Morgan fingerprint density at radius 2 is 1.96 bits per heavy atom. The summed E-state index contributed by atoms with van der Waals surface area (Å²) in [6, 6.07) is 5.69. The molecule has 2 heterocycles. The van der Waals surface area contributed by atoms with Crippen LogP contribution in [0.15, 0.2) is 41.6 Å². The van der Waals surface area contributed by atoms with Crippen LogP contribution in [0.3, 0.4) is 0 Å². The molecule has 0 spiro atoms. The largest absolute Gasteiger partial charge is 0.469 e. The fraction of sp³-hybridized carbons (Fsp3) is 0.176. The van der Waals surface area contributed by atoms with Crippen LogP contribution in [0, 0.1) is 6.92 Å². The maximum Gasteiger partial charge on any atom is 0.310 e. The lowest BCUT2D eigenvalue weighted by molar-refractivity contribution is -0.139. The van der Waals surface area contributed by atoms with Gasteiger partial charge in [-0.25, -0.2) is 12.4 Å². The van der Waals surface area contributed by atoms with E-state index in [0.717, 1.165) is 0 Å². The van der Waals surface area contributed by atoms with Crippen molar-refractivity contribution in [3.8, 4) is 0 Å². The Hall–Kier alpha value is -2.09. The zero-order valence-corrected chi connectivity index (χ0v) is 16.2. The van der Waals surface area contributed by atoms with Crippen molar-refractivity contribution in [2.45, 2.75) is 18.2 Å². The molecule has 6 nitrogen and oxygen atoms in total. The van der Waals surface area contributed by atoms with Gasteiger partial charge in [-0.2, -0.15) is 0 Å². The van der Waals surface area contributed by atoms with Crippen LogP contribution in [0.1, 0.15) is 11.3 Å². The molecule has 1 aromatic carbocycles. The summed E-state index contributed by atoms with van der Waals surface area (Å²) in [6.07, 6.45) is 2.96. The van der Waals surface area contributed by atoms with E-state index >= 15 is 0 Å². The summed E-state index contributed by atoms with van der Waals surface area (Å²) in [7, 11) is -2.68. The van der Waals surface area contributed by atoms with E-state index in [4.69, 9.17) is 27.9 Å². The number of halogens is 2. The summed E-state index contributed by atoms with van der Waals surface area (Å²) >= 11 is 11.9. The predicted octanol–water partition coefficient (Wildman–Crippen LogP) is 3.60. The first-order valence-corrected chi connectivity index (χ1v) is 9.68. The van der Waals surface area contributed by atoms with Crippen molar-refractivity contribution in [1.29, 1.82) is 0 Å². The summed E-state index contributed by atoms with van der Waals surface area (Å²) in [5, 5.41) is 0.965. The number of benzene rings is 1. The quantitative estimate of drug-likeness (QED) is 0.611.